The number of phosphoric ester groups is 1. The molecular weight excluding hydrogens is 525 g/mol. The molecular formula is C20H17ClF4NO8P. The molecule has 0 unspecified atom stereocenters. The molecule has 0 bridgehead atoms. The van der Waals surface area contributed by atoms with Crippen LogP contribution in [-0.4, -0.2) is 42.1 Å². The average molecular weight is 542 g/mol. The van der Waals surface area contributed by atoms with Crippen LogP contribution in [-0.2, 0) is 35.3 Å². The minimum atomic E-state index is -4.85. The Balaban J connectivity index is 1.99. The van der Waals surface area contributed by atoms with Gasteiger partial charge in [0.05, 0.1) is 31.4 Å². The van der Waals surface area contributed by atoms with Gasteiger partial charge in [0.25, 0.3) is 5.91 Å². The van der Waals surface area contributed by atoms with E-state index >= 15 is 4.39 Å². The number of halogens is 5. The zero-order valence-corrected chi connectivity index (χ0v) is 19.4. The third-order valence-electron chi connectivity index (χ3n) is 4.98. The van der Waals surface area contributed by atoms with Crippen LogP contribution in [0.4, 0.5) is 23.2 Å². The van der Waals surface area contributed by atoms with Crippen LogP contribution in [0, 0.1) is 0 Å². The maximum atomic E-state index is 16.5. The Morgan fingerprint density at radius 3 is 2.46 bits per heavy atom. The largest absolute Gasteiger partial charge is 0.496 e. The molecule has 190 valence electrons. The number of phosphoric acid groups is 1. The molecule has 2 N–H and O–H groups in total. The fraction of sp³-hybridized carbons (Fsp3) is 0.300. The van der Waals surface area contributed by atoms with Crippen molar-refractivity contribution in [3.8, 4) is 5.75 Å². The number of esters is 1. The van der Waals surface area contributed by atoms with E-state index in [9.17, 15) is 27.3 Å². The van der Waals surface area contributed by atoms with Gasteiger partial charge in [0.15, 0.2) is 6.73 Å². The van der Waals surface area contributed by atoms with Gasteiger partial charge in [-0.15, -0.1) is 0 Å². The molecule has 1 atom stereocenters. The van der Waals surface area contributed by atoms with Crippen LogP contribution < -0.4 is 9.64 Å². The van der Waals surface area contributed by atoms with Crippen LogP contribution in [0.5, 0.6) is 5.75 Å². The Hall–Kier alpha value is -2.70. The standard InChI is InChI=1S/C20H17ClF4NO8P/c1-32-16-5-3-12(21)9-14(16)19(22)13-4-2-11(20(23,24)25)8-15(13)26(18(19)28)10-33-17(27)6-7-34-35(29,30)31/h2-5,8-9H,6-7,10H2,1H3,(H2,29,30,31)/t19-/m0/s1. The Morgan fingerprint density at radius 1 is 1.17 bits per heavy atom. The van der Waals surface area contributed by atoms with Gasteiger partial charge in [0.1, 0.15) is 5.75 Å². The number of ether oxygens (including phenoxy) is 2. The second-order valence-electron chi connectivity index (χ2n) is 7.19. The van der Waals surface area contributed by atoms with Crippen molar-refractivity contribution in [3.63, 3.8) is 0 Å². The number of hydrogen-bond acceptors (Lipinski definition) is 6. The number of anilines is 1. The minimum Gasteiger partial charge on any atom is -0.496 e. The molecule has 0 radical (unpaired) electrons. The van der Waals surface area contributed by atoms with Crippen LogP contribution in [0.1, 0.15) is 23.1 Å². The normalized spacial score (nSPS) is 17.9. The van der Waals surface area contributed by atoms with Gasteiger partial charge in [-0.25, -0.2) is 8.96 Å². The lowest BCUT2D eigenvalue weighted by Gasteiger charge is -2.23. The molecule has 1 aliphatic heterocycles. The molecule has 3 rings (SSSR count). The summed E-state index contributed by atoms with van der Waals surface area (Å²) in [7, 11) is -3.65. The lowest BCUT2D eigenvalue weighted by Crippen LogP contribution is -2.40. The zero-order valence-electron chi connectivity index (χ0n) is 17.7. The Bertz CT molecular complexity index is 1200. The summed E-state index contributed by atoms with van der Waals surface area (Å²) in [5, 5.41) is 0.0222. The molecule has 15 heteroatoms. The first-order valence-corrected chi connectivity index (χ1v) is 11.5. The predicted molar refractivity (Wildman–Crippen MR) is 112 cm³/mol. The van der Waals surface area contributed by atoms with E-state index in [1.807, 2.05) is 0 Å². The second-order valence-corrected chi connectivity index (χ2v) is 8.86. The Labute approximate surface area is 200 Å². The van der Waals surface area contributed by atoms with Crippen LogP contribution in [0.15, 0.2) is 36.4 Å². The lowest BCUT2D eigenvalue weighted by atomic mass is 9.88. The van der Waals surface area contributed by atoms with E-state index in [0.29, 0.717) is 17.0 Å². The molecule has 0 aliphatic carbocycles. The van der Waals surface area contributed by atoms with Gasteiger partial charge < -0.3 is 19.3 Å². The first-order chi connectivity index (χ1) is 16.2. The maximum Gasteiger partial charge on any atom is 0.469 e. The monoisotopic (exact) mass is 541 g/mol. The topological polar surface area (TPSA) is 123 Å². The molecule has 2 aromatic carbocycles. The molecule has 1 aliphatic rings. The summed E-state index contributed by atoms with van der Waals surface area (Å²) in [6, 6.07) is 5.67. The van der Waals surface area contributed by atoms with Crippen molar-refractivity contribution in [1.29, 1.82) is 0 Å². The summed E-state index contributed by atoms with van der Waals surface area (Å²) in [5.74, 6) is -2.59. The van der Waals surface area contributed by atoms with Crippen molar-refractivity contribution >= 4 is 37.0 Å². The van der Waals surface area contributed by atoms with Crippen molar-refractivity contribution in [2.75, 3.05) is 25.3 Å². The number of carbonyl (C=O) groups excluding carboxylic acids is 2. The van der Waals surface area contributed by atoms with Crippen molar-refractivity contribution in [1.82, 2.24) is 0 Å². The van der Waals surface area contributed by atoms with Crippen LogP contribution in [0.25, 0.3) is 0 Å². The summed E-state index contributed by atoms with van der Waals surface area (Å²) in [6.07, 6.45) is -5.49. The Morgan fingerprint density at radius 2 is 1.86 bits per heavy atom. The highest BCUT2D eigenvalue weighted by atomic mass is 35.5. The highest BCUT2D eigenvalue weighted by Gasteiger charge is 2.55. The summed E-state index contributed by atoms with van der Waals surface area (Å²) >= 11 is 5.96. The van der Waals surface area contributed by atoms with Crippen molar-refractivity contribution < 1.29 is 55.5 Å². The first kappa shape index (κ1) is 26.9. The van der Waals surface area contributed by atoms with E-state index in [1.165, 1.54) is 19.2 Å². The molecule has 1 heterocycles. The van der Waals surface area contributed by atoms with Gasteiger partial charge in [-0.05, 0) is 30.3 Å². The number of nitrogens with zero attached hydrogens (tertiary/aromatic N) is 1. The highest BCUT2D eigenvalue weighted by Crippen LogP contribution is 2.51. The van der Waals surface area contributed by atoms with Gasteiger partial charge in [0, 0.05) is 16.1 Å². The van der Waals surface area contributed by atoms with Gasteiger partial charge in [-0.2, -0.15) is 13.2 Å². The van der Waals surface area contributed by atoms with E-state index in [-0.39, 0.29) is 16.3 Å². The lowest BCUT2D eigenvalue weighted by molar-refractivity contribution is -0.145. The van der Waals surface area contributed by atoms with Crippen LogP contribution in [0.2, 0.25) is 5.02 Å². The number of fused-ring (bicyclic) bond motifs is 1. The number of benzene rings is 2. The first-order valence-electron chi connectivity index (χ1n) is 9.61. The molecule has 0 saturated heterocycles. The number of alkyl halides is 4. The molecule has 0 aromatic heterocycles. The molecule has 9 nitrogen and oxygen atoms in total. The van der Waals surface area contributed by atoms with Gasteiger partial charge in [-0.3, -0.25) is 19.0 Å². The molecule has 0 fully saturated rings. The number of amides is 1. The van der Waals surface area contributed by atoms with E-state index in [4.69, 9.17) is 30.9 Å². The average Bonchev–Trinajstić information content (AvgIpc) is 2.98. The molecule has 1 amide bonds. The second kappa shape index (κ2) is 9.75. The van der Waals surface area contributed by atoms with Crippen molar-refractivity contribution in [3.05, 3.63) is 58.1 Å². The third-order valence-corrected chi connectivity index (χ3v) is 5.73. The fourth-order valence-electron chi connectivity index (χ4n) is 3.43. The quantitative estimate of drug-likeness (QED) is 0.293. The van der Waals surface area contributed by atoms with Crippen molar-refractivity contribution in [2.45, 2.75) is 18.3 Å². The summed E-state index contributed by atoms with van der Waals surface area (Å²) < 4.78 is 81.2. The van der Waals surface area contributed by atoms with Crippen LogP contribution in [0.3, 0.4) is 0 Å². The highest BCUT2D eigenvalue weighted by molar-refractivity contribution is 7.46. The summed E-state index contributed by atoms with van der Waals surface area (Å²) in [5.41, 5.74) is -5.56. The van der Waals surface area contributed by atoms with Crippen molar-refractivity contribution in [2.24, 2.45) is 0 Å². The molecule has 0 spiro atoms. The summed E-state index contributed by atoms with van der Waals surface area (Å²) in [4.78, 5) is 42.9. The fourth-order valence-corrected chi connectivity index (χ4v) is 3.93. The van der Waals surface area contributed by atoms with E-state index in [0.717, 1.165) is 12.1 Å². The minimum absolute atomic E-state index is 0.0222. The number of methoxy groups -OCH3 is 1. The van der Waals surface area contributed by atoms with Crippen LogP contribution >= 0.6 is 19.4 Å². The maximum absolute atomic E-state index is 16.5. The zero-order chi connectivity index (χ0) is 26.2. The Kier molecular flexibility index (Phi) is 7.49. The van der Waals surface area contributed by atoms with Gasteiger partial charge in [-0.1, -0.05) is 17.7 Å². The van der Waals surface area contributed by atoms with Gasteiger partial charge >= 0.3 is 20.0 Å². The van der Waals surface area contributed by atoms with E-state index in [2.05, 4.69) is 4.52 Å². The van der Waals surface area contributed by atoms with E-state index in [1.54, 1.807) is 0 Å². The predicted octanol–water partition coefficient (Wildman–Crippen LogP) is 3.93. The molecule has 2 aromatic rings. The number of rotatable bonds is 8. The molecule has 35 heavy (non-hydrogen) atoms. The SMILES string of the molecule is COc1ccc(Cl)cc1[C@]1(F)C(=O)N(COC(=O)CCOP(=O)(O)O)c2cc(C(F)(F)F)ccc21. The van der Waals surface area contributed by atoms with Gasteiger partial charge in [0.2, 0.25) is 5.67 Å². The number of hydrogen-bond donors (Lipinski definition) is 2. The smallest absolute Gasteiger partial charge is 0.469 e. The number of carbonyl (C=O) groups is 2. The van der Waals surface area contributed by atoms with E-state index < -0.39 is 68.1 Å². The molecule has 0 saturated carbocycles. The third kappa shape index (κ3) is 5.60. The summed E-state index contributed by atoms with van der Waals surface area (Å²) in [6.45, 7) is -1.73.